The van der Waals surface area contributed by atoms with Crippen LogP contribution >= 0.6 is 15.9 Å². The highest BCUT2D eigenvalue weighted by Crippen LogP contribution is 2.36. The van der Waals surface area contributed by atoms with Gasteiger partial charge in [-0.15, -0.1) is 0 Å². The van der Waals surface area contributed by atoms with Gasteiger partial charge in [-0.25, -0.2) is 0 Å². The van der Waals surface area contributed by atoms with Crippen LogP contribution in [0.5, 0.6) is 11.5 Å². The van der Waals surface area contributed by atoms with Crippen molar-refractivity contribution in [1.82, 2.24) is 5.32 Å². The number of nitrogens with one attached hydrogen (secondary N) is 1. The second-order valence-corrected chi connectivity index (χ2v) is 6.85. The van der Waals surface area contributed by atoms with Gasteiger partial charge in [0, 0.05) is 41.9 Å². The first kappa shape index (κ1) is 22.1. The van der Waals surface area contributed by atoms with Crippen molar-refractivity contribution in [3.8, 4) is 11.5 Å². The molecule has 28 heavy (non-hydrogen) atoms. The summed E-state index contributed by atoms with van der Waals surface area (Å²) in [4.78, 5) is 10.4. The summed E-state index contributed by atoms with van der Waals surface area (Å²) in [6.07, 6.45) is 0.925. The Balaban J connectivity index is 2.06. The molecule has 2 rings (SSSR count). The maximum Gasteiger partial charge on any atom is 0.269 e. The van der Waals surface area contributed by atoms with E-state index in [0.29, 0.717) is 18.0 Å². The van der Waals surface area contributed by atoms with Gasteiger partial charge in [-0.3, -0.25) is 10.1 Å². The van der Waals surface area contributed by atoms with Gasteiger partial charge in [0.05, 0.1) is 12.0 Å². The summed E-state index contributed by atoms with van der Waals surface area (Å²) in [6, 6.07) is 10.1. The molecular formula is C20H25BrN2O5. The molecule has 0 spiro atoms. The van der Waals surface area contributed by atoms with Crippen molar-refractivity contribution in [3.63, 3.8) is 0 Å². The molecule has 0 amide bonds. The van der Waals surface area contributed by atoms with Gasteiger partial charge >= 0.3 is 0 Å². The number of halogens is 1. The molecule has 2 aromatic carbocycles. The first-order chi connectivity index (χ1) is 13.6. The van der Waals surface area contributed by atoms with Crippen LogP contribution in [0.4, 0.5) is 5.69 Å². The van der Waals surface area contributed by atoms with E-state index in [1.807, 2.05) is 19.1 Å². The summed E-state index contributed by atoms with van der Waals surface area (Å²) in [7, 11) is 1.60. The summed E-state index contributed by atoms with van der Waals surface area (Å²) in [5.74, 6) is 1.28. The number of methoxy groups -OCH3 is 1. The molecule has 2 aromatic rings. The molecule has 0 aliphatic rings. The Morgan fingerprint density at radius 3 is 2.57 bits per heavy atom. The molecule has 0 radical (unpaired) electrons. The number of nitro benzene ring substituents is 1. The zero-order chi connectivity index (χ0) is 20.4. The molecule has 0 saturated carbocycles. The normalized spacial score (nSPS) is 10.7. The fraction of sp³-hybridized carbons (Fsp3) is 0.400. The number of nitrogens with zero attached hydrogens (tertiary/aromatic N) is 1. The molecule has 0 saturated heterocycles. The number of non-ortho nitro benzene ring substituents is 1. The van der Waals surface area contributed by atoms with E-state index >= 15 is 0 Å². The quantitative estimate of drug-likeness (QED) is 0.290. The van der Waals surface area contributed by atoms with Crippen LogP contribution in [0, 0.1) is 10.1 Å². The molecule has 0 bridgehead atoms. The van der Waals surface area contributed by atoms with Gasteiger partial charge in [0.1, 0.15) is 6.61 Å². The lowest BCUT2D eigenvalue weighted by atomic mass is 10.1. The highest BCUT2D eigenvalue weighted by atomic mass is 79.9. The monoisotopic (exact) mass is 452 g/mol. The van der Waals surface area contributed by atoms with Gasteiger partial charge in [0.15, 0.2) is 11.5 Å². The second-order valence-electron chi connectivity index (χ2n) is 6.00. The average Bonchev–Trinajstić information content (AvgIpc) is 2.70. The first-order valence-electron chi connectivity index (χ1n) is 9.06. The van der Waals surface area contributed by atoms with Crippen molar-refractivity contribution in [3.05, 3.63) is 62.1 Å². The Kier molecular flexibility index (Phi) is 9.19. The number of rotatable bonds is 12. The molecule has 0 unspecified atom stereocenters. The number of ether oxygens (including phenoxy) is 3. The standard InChI is InChI=1S/C20H25BrN2O5/c1-3-27-12-4-11-22-13-17-18(21)9-10-19(26-2)20(17)28-14-15-5-7-16(8-6-15)23(24)25/h5-10,22H,3-4,11-14H2,1-2H3. The molecule has 0 aliphatic heterocycles. The summed E-state index contributed by atoms with van der Waals surface area (Å²) in [5, 5.41) is 14.2. The third kappa shape index (κ3) is 6.47. The minimum Gasteiger partial charge on any atom is -0.493 e. The van der Waals surface area contributed by atoms with E-state index < -0.39 is 4.92 Å². The van der Waals surface area contributed by atoms with E-state index in [2.05, 4.69) is 21.2 Å². The third-order valence-electron chi connectivity index (χ3n) is 4.07. The van der Waals surface area contributed by atoms with Crippen LogP contribution in [-0.2, 0) is 17.9 Å². The molecular weight excluding hydrogens is 428 g/mol. The molecule has 1 N–H and O–H groups in total. The van der Waals surface area contributed by atoms with Crippen molar-refractivity contribution in [2.45, 2.75) is 26.5 Å². The van der Waals surface area contributed by atoms with Crippen LogP contribution in [0.2, 0.25) is 0 Å². The lowest BCUT2D eigenvalue weighted by Crippen LogP contribution is -2.17. The number of benzene rings is 2. The number of hydrogen-bond acceptors (Lipinski definition) is 6. The van der Waals surface area contributed by atoms with Gasteiger partial charge < -0.3 is 19.5 Å². The van der Waals surface area contributed by atoms with Crippen molar-refractivity contribution in [2.24, 2.45) is 0 Å². The molecule has 0 aromatic heterocycles. The SMILES string of the molecule is CCOCCCNCc1c(Br)ccc(OC)c1OCc1ccc([N+](=O)[O-])cc1. The number of hydrogen-bond donors (Lipinski definition) is 1. The van der Waals surface area contributed by atoms with Crippen molar-refractivity contribution in [2.75, 3.05) is 26.9 Å². The van der Waals surface area contributed by atoms with E-state index in [1.54, 1.807) is 19.2 Å². The Morgan fingerprint density at radius 2 is 1.93 bits per heavy atom. The zero-order valence-corrected chi connectivity index (χ0v) is 17.7. The van der Waals surface area contributed by atoms with Crippen LogP contribution < -0.4 is 14.8 Å². The lowest BCUT2D eigenvalue weighted by Gasteiger charge is -2.17. The van der Waals surface area contributed by atoms with Gasteiger partial charge in [-0.05, 0) is 49.7 Å². The largest absolute Gasteiger partial charge is 0.493 e. The summed E-state index contributed by atoms with van der Waals surface area (Å²) in [6.45, 7) is 5.15. The Morgan fingerprint density at radius 1 is 1.18 bits per heavy atom. The maximum absolute atomic E-state index is 10.8. The molecule has 7 nitrogen and oxygen atoms in total. The highest BCUT2D eigenvalue weighted by Gasteiger charge is 2.15. The van der Waals surface area contributed by atoms with Crippen molar-refractivity contribution in [1.29, 1.82) is 0 Å². The van der Waals surface area contributed by atoms with Crippen molar-refractivity contribution >= 4 is 21.6 Å². The molecule has 152 valence electrons. The molecule has 0 heterocycles. The predicted molar refractivity (Wildman–Crippen MR) is 111 cm³/mol. The van der Waals surface area contributed by atoms with Gasteiger partial charge in [-0.2, -0.15) is 0 Å². The highest BCUT2D eigenvalue weighted by molar-refractivity contribution is 9.10. The molecule has 0 atom stereocenters. The first-order valence-corrected chi connectivity index (χ1v) is 9.86. The zero-order valence-electron chi connectivity index (χ0n) is 16.1. The van der Waals surface area contributed by atoms with Crippen molar-refractivity contribution < 1.29 is 19.1 Å². The number of nitro groups is 1. The molecule has 8 heteroatoms. The maximum atomic E-state index is 10.8. The Bertz CT molecular complexity index is 768. The van der Waals surface area contributed by atoms with Gasteiger partial charge in [0.2, 0.25) is 0 Å². The summed E-state index contributed by atoms with van der Waals surface area (Å²) in [5.41, 5.74) is 1.85. The lowest BCUT2D eigenvalue weighted by molar-refractivity contribution is -0.384. The third-order valence-corrected chi connectivity index (χ3v) is 4.81. The molecule has 0 fully saturated rings. The molecule has 0 aliphatic carbocycles. The Labute approximate surface area is 173 Å². The van der Waals surface area contributed by atoms with E-state index in [4.69, 9.17) is 14.2 Å². The second kappa shape index (κ2) is 11.6. The summed E-state index contributed by atoms with van der Waals surface area (Å²) < 4.78 is 17.8. The van der Waals surface area contributed by atoms with Crippen LogP contribution in [0.25, 0.3) is 0 Å². The minimum atomic E-state index is -0.419. The van der Waals surface area contributed by atoms with E-state index in [1.165, 1.54) is 12.1 Å². The topological polar surface area (TPSA) is 82.9 Å². The van der Waals surface area contributed by atoms with Crippen LogP contribution in [-0.4, -0.2) is 31.8 Å². The van der Waals surface area contributed by atoms with Gasteiger partial charge in [0.25, 0.3) is 5.69 Å². The fourth-order valence-electron chi connectivity index (χ4n) is 2.59. The van der Waals surface area contributed by atoms with E-state index in [0.717, 1.165) is 41.8 Å². The van der Waals surface area contributed by atoms with E-state index in [9.17, 15) is 10.1 Å². The smallest absolute Gasteiger partial charge is 0.269 e. The van der Waals surface area contributed by atoms with Crippen LogP contribution in [0.15, 0.2) is 40.9 Å². The summed E-state index contributed by atoms with van der Waals surface area (Å²) >= 11 is 3.58. The van der Waals surface area contributed by atoms with E-state index in [-0.39, 0.29) is 12.3 Å². The Hall–Kier alpha value is -2.16. The minimum absolute atomic E-state index is 0.0562. The predicted octanol–water partition coefficient (Wildman–Crippen LogP) is 4.46. The van der Waals surface area contributed by atoms with Crippen LogP contribution in [0.1, 0.15) is 24.5 Å². The van der Waals surface area contributed by atoms with Crippen LogP contribution in [0.3, 0.4) is 0 Å². The average molecular weight is 453 g/mol. The fourth-order valence-corrected chi connectivity index (χ4v) is 3.04. The van der Waals surface area contributed by atoms with Gasteiger partial charge in [-0.1, -0.05) is 15.9 Å².